The number of thiazole rings is 1. The van der Waals surface area contributed by atoms with Crippen molar-refractivity contribution in [3.8, 4) is 21.9 Å². The van der Waals surface area contributed by atoms with Gasteiger partial charge in [0.05, 0.1) is 46.4 Å². The van der Waals surface area contributed by atoms with Crippen molar-refractivity contribution in [1.29, 1.82) is 0 Å². The fourth-order valence-electron chi connectivity index (χ4n) is 10.7. The van der Waals surface area contributed by atoms with E-state index >= 15 is 0 Å². The van der Waals surface area contributed by atoms with Crippen LogP contribution in [0.3, 0.4) is 0 Å². The van der Waals surface area contributed by atoms with Crippen LogP contribution in [-0.4, -0.2) is 100 Å². The minimum absolute atomic E-state index is 0.00787. The molecule has 3 heterocycles. The molecule has 16 heteroatoms. The predicted molar refractivity (Wildman–Crippen MR) is 266 cm³/mol. The number of nitrogens with one attached hydrogen (secondary N) is 2. The maximum Gasteiger partial charge on any atom is 0.254 e. The SMILES string of the molecule is [C-]#[N+]c1ccc(OC2C(C)(C)C(N3Cc4cc(OCCCCCOCC(=O)N[C@H](C(=O)N5C[C@H](O)CC5C(=O)N[C@@H](C)c5ccc(-c6scnc6C)cc5)C(C)(C)C)ccc4C3=O)C2(C)C)cc1Cl. The number of benzene rings is 3. The number of amides is 4. The number of β-amino-alcohol motifs (C(OH)–C–C–N with tert-alkyl or cyclic N) is 1. The Balaban J connectivity index is 0.826. The van der Waals surface area contributed by atoms with Gasteiger partial charge in [-0.2, -0.15) is 0 Å². The number of hydrogen-bond acceptors (Lipinski definition) is 10. The molecular formula is C53H65ClN6O8S. The zero-order valence-electron chi connectivity index (χ0n) is 41.1. The molecule has 0 bridgehead atoms. The van der Waals surface area contributed by atoms with Gasteiger partial charge in [0, 0.05) is 48.6 Å². The van der Waals surface area contributed by atoms with Gasteiger partial charge in [-0.3, -0.25) is 19.2 Å². The summed E-state index contributed by atoms with van der Waals surface area (Å²) in [6.45, 7) is 26.2. The molecule has 4 aromatic rings. The molecule has 1 aliphatic carbocycles. The zero-order valence-corrected chi connectivity index (χ0v) is 42.6. The van der Waals surface area contributed by atoms with E-state index in [1.54, 1.807) is 29.5 Å². The van der Waals surface area contributed by atoms with Crippen LogP contribution in [0.15, 0.2) is 66.2 Å². The van der Waals surface area contributed by atoms with Crippen LogP contribution in [0.4, 0.5) is 5.69 Å². The lowest BCUT2D eigenvalue weighted by atomic mass is 9.49. The third-order valence-electron chi connectivity index (χ3n) is 13.8. The van der Waals surface area contributed by atoms with Crippen molar-refractivity contribution >= 4 is 52.3 Å². The summed E-state index contributed by atoms with van der Waals surface area (Å²) in [6, 6.07) is 16.4. The molecule has 2 fully saturated rings. The summed E-state index contributed by atoms with van der Waals surface area (Å²) in [4.78, 5) is 66.9. The quantitative estimate of drug-likeness (QED) is 0.0652. The normalized spacial score (nSPS) is 21.2. The first-order valence-corrected chi connectivity index (χ1v) is 24.9. The summed E-state index contributed by atoms with van der Waals surface area (Å²) in [6.07, 6.45) is 1.26. The topological polar surface area (TPSA) is 164 Å². The van der Waals surface area contributed by atoms with E-state index in [-0.39, 0.29) is 60.4 Å². The van der Waals surface area contributed by atoms with Crippen molar-refractivity contribution < 1.29 is 38.5 Å². The number of halogens is 1. The molecule has 2 aliphatic heterocycles. The second kappa shape index (κ2) is 20.8. The molecule has 4 amide bonds. The van der Waals surface area contributed by atoms with E-state index in [0.29, 0.717) is 54.0 Å². The van der Waals surface area contributed by atoms with Gasteiger partial charge in [0.25, 0.3) is 5.91 Å². The minimum Gasteiger partial charge on any atom is -0.494 e. The summed E-state index contributed by atoms with van der Waals surface area (Å²) in [5, 5.41) is 16.9. The first-order chi connectivity index (χ1) is 32.6. The molecule has 1 unspecified atom stereocenters. The van der Waals surface area contributed by atoms with Crippen molar-refractivity contribution in [2.75, 3.05) is 26.4 Å². The highest BCUT2D eigenvalue weighted by molar-refractivity contribution is 7.13. The molecule has 7 rings (SSSR count). The van der Waals surface area contributed by atoms with Crippen molar-refractivity contribution in [2.24, 2.45) is 16.2 Å². The summed E-state index contributed by atoms with van der Waals surface area (Å²) in [5.41, 5.74) is 5.26. The van der Waals surface area contributed by atoms with Crippen LogP contribution >= 0.6 is 22.9 Å². The summed E-state index contributed by atoms with van der Waals surface area (Å²) < 4.78 is 18.3. The van der Waals surface area contributed by atoms with Crippen LogP contribution in [-0.2, 0) is 25.7 Å². The number of carbonyl (C=O) groups is 4. The maximum absolute atomic E-state index is 14.1. The fraction of sp³-hybridized carbons (Fsp3) is 0.509. The van der Waals surface area contributed by atoms with Gasteiger partial charge in [-0.1, -0.05) is 90.4 Å². The largest absolute Gasteiger partial charge is 0.494 e. The first kappa shape index (κ1) is 51.3. The Morgan fingerprint density at radius 1 is 0.986 bits per heavy atom. The molecular weight excluding hydrogens is 916 g/mol. The van der Waals surface area contributed by atoms with Crippen LogP contribution in [0.1, 0.15) is 114 Å². The monoisotopic (exact) mass is 980 g/mol. The second-order valence-corrected chi connectivity index (χ2v) is 22.1. The molecule has 3 aromatic carbocycles. The Morgan fingerprint density at radius 2 is 1.68 bits per heavy atom. The average Bonchev–Trinajstić information content (AvgIpc) is 4.00. The highest BCUT2D eigenvalue weighted by Crippen LogP contribution is 2.59. The molecule has 0 radical (unpaired) electrons. The predicted octanol–water partition coefficient (Wildman–Crippen LogP) is 9.10. The van der Waals surface area contributed by atoms with Gasteiger partial charge >= 0.3 is 0 Å². The van der Waals surface area contributed by atoms with Crippen molar-refractivity contribution in [1.82, 2.24) is 25.4 Å². The highest BCUT2D eigenvalue weighted by atomic mass is 35.5. The lowest BCUT2D eigenvalue weighted by Crippen LogP contribution is -2.74. The second-order valence-electron chi connectivity index (χ2n) is 20.9. The number of nitrogens with zero attached hydrogens (tertiary/aromatic N) is 4. The fourth-order valence-corrected chi connectivity index (χ4v) is 11.7. The number of ether oxygens (including phenoxy) is 3. The molecule has 1 saturated heterocycles. The van der Waals surface area contributed by atoms with E-state index in [0.717, 1.165) is 40.1 Å². The van der Waals surface area contributed by atoms with E-state index in [9.17, 15) is 24.3 Å². The molecule has 1 aromatic heterocycles. The molecule has 3 N–H and O–H groups in total. The summed E-state index contributed by atoms with van der Waals surface area (Å²) in [7, 11) is 0. The Labute approximate surface area is 414 Å². The molecule has 368 valence electrons. The van der Waals surface area contributed by atoms with Gasteiger partial charge in [-0.25, -0.2) is 9.83 Å². The van der Waals surface area contributed by atoms with E-state index in [4.69, 9.17) is 32.4 Å². The zero-order chi connectivity index (χ0) is 50.0. The lowest BCUT2D eigenvalue weighted by Gasteiger charge is -2.65. The number of likely N-dealkylation sites (tertiary alicyclic amines) is 1. The lowest BCUT2D eigenvalue weighted by molar-refractivity contribution is -0.199. The molecule has 0 spiro atoms. The third kappa shape index (κ3) is 11.1. The van der Waals surface area contributed by atoms with Crippen LogP contribution < -0.4 is 20.1 Å². The number of aliphatic hydroxyl groups excluding tert-OH is 1. The molecule has 4 atom stereocenters. The highest BCUT2D eigenvalue weighted by Gasteiger charge is 2.67. The number of aliphatic hydroxyl groups is 1. The maximum atomic E-state index is 14.1. The Morgan fingerprint density at radius 3 is 2.33 bits per heavy atom. The number of fused-ring (bicyclic) bond motifs is 1. The van der Waals surface area contributed by atoms with Crippen LogP contribution in [0.2, 0.25) is 5.02 Å². The number of aromatic nitrogens is 1. The van der Waals surface area contributed by atoms with E-state index < -0.39 is 35.4 Å². The first-order valence-electron chi connectivity index (χ1n) is 23.7. The minimum atomic E-state index is -0.960. The molecule has 69 heavy (non-hydrogen) atoms. The standard InChI is InChI=1S/C53H65ClN6O8S/c1-31(33-14-16-34(17-15-33)44-32(2)56-30-69-44)57-46(63)42-25-36(61)28-59(42)48(65)45(51(3,4)5)58-43(62)29-66-22-12-11-13-23-67-37-18-20-39-35(24-37)27-60(47(39)64)49-52(6,7)50(53(49,8)9)68-38-19-21-41(55-10)40(54)26-38/h14-21,24,26,30-31,36,42,45,49-50,61H,11-13,22-23,25,27-29H2,1-9H3,(H,57,63)(H,58,62)/t31-,36+,42?,45+,49?,50?/m0/s1. The number of hydrogen-bond donors (Lipinski definition) is 3. The molecule has 3 aliphatic rings. The number of aryl methyl sites for hydroxylation is 1. The smallest absolute Gasteiger partial charge is 0.254 e. The van der Waals surface area contributed by atoms with Crippen LogP contribution in [0, 0.1) is 29.7 Å². The number of carbonyl (C=O) groups excluding carboxylic acids is 4. The van der Waals surface area contributed by atoms with Gasteiger partial charge in [0.1, 0.15) is 36.3 Å². The number of rotatable bonds is 18. The van der Waals surface area contributed by atoms with Gasteiger partial charge in [0.15, 0.2) is 0 Å². The Hall–Kier alpha value is -5.53. The van der Waals surface area contributed by atoms with Gasteiger partial charge in [-0.15, -0.1) is 11.3 Å². The van der Waals surface area contributed by atoms with Crippen molar-refractivity contribution in [3.63, 3.8) is 0 Å². The summed E-state index contributed by atoms with van der Waals surface area (Å²) in [5.74, 6) is 0.0326. The van der Waals surface area contributed by atoms with Crippen molar-refractivity contribution in [2.45, 2.75) is 131 Å². The van der Waals surface area contributed by atoms with Crippen LogP contribution in [0.25, 0.3) is 15.3 Å². The molecule has 14 nitrogen and oxygen atoms in total. The van der Waals surface area contributed by atoms with Gasteiger partial charge in [0.2, 0.25) is 23.4 Å². The Kier molecular flexibility index (Phi) is 15.5. The van der Waals surface area contributed by atoms with E-state index in [1.807, 2.05) is 87.5 Å². The van der Waals surface area contributed by atoms with E-state index in [1.165, 1.54) is 4.90 Å². The van der Waals surface area contributed by atoms with Crippen molar-refractivity contribution in [3.05, 3.63) is 105 Å². The molecule has 1 saturated carbocycles. The van der Waals surface area contributed by atoms with E-state index in [2.05, 4.69) is 48.2 Å². The third-order valence-corrected chi connectivity index (χ3v) is 15.1. The average molecular weight is 982 g/mol. The van der Waals surface area contributed by atoms with Crippen LogP contribution in [0.5, 0.6) is 11.5 Å². The number of unbranched alkanes of at least 4 members (excludes halogenated alkanes) is 2. The van der Waals surface area contributed by atoms with Gasteiger partial charge in [-0.05, 0) is 85.5 Å². The summed E-state index contributed by atoms with van der Waals surface area (Å²) >= 11 is 7.87. The Bertz CT molecular complexity index is 2570. The van der Waals surface area contributed by atoms with Gasteiger partial charge < -0.3 is 39.8 Å².